The molecule has 0 saturated carbocycles. The molecule has 4 bridgehead atoms. The normalized spacial score (nSPS) is 20.2. The van der Waals surface area contributed by atoms with E-state index in [1.165, 1.54) is 24.3 Å². The molecule has 2 N–H and O–H groups in total. The topological polar surface area (TPSA) is 137 Å². The van der Waals surface area contributed by atoms with Gasteiger partial charge in [-0.15, -0.1) is 0 Å². The Morgan fingerprint density at radius 1 is 1.12 bits per heavy atom. The minimum absolute atomic E-state index is 0.0274. The predicted molar refractivity (Wildman–Crippen MR) is 143 cm³/mol. The van der Waals surface area contributed by atoms with Crippen LogP contribution in [0.2, 0.25) is 0 Å². The number of aromatic nitrogens is 3. The molecule has 0 radical (unpaired) electrons. The van der Waals surface area contributed by atoms with Gasteiger partial charge in [0.25, 0.3) is 5.91 Å². The molecule has 210 valence electrons. The van der Waals surface area contributed by atoms with Crippen LogP contribution in [0.5, 0.6) is 17.2 Å². The fraction of sp³-hybridized carbons (Fsp3) is 0.393. The van der Waals surface area contributed by atoms with Crippen molar-refractivity contribution in [2.24, 2.45) is 0 Å². The molecule has 40 heavy (non-hydrogen) atoms. The molecule has 3 amide bonds. The third kappa shape index (κ3) is 6.94. The molecule has 3 aromatic rings. The summed E-state index contributed by atoms with van der Waals surface area (Å²) in [5, 5.41) is 13.9. The van der Waals surface area contributed by atoms with Crippen molar-refractivity contribution in [1.82, 2.24) is 30.5 Å². The van der Waals surface area contributed by atoms with Gasteiger partial charge in [-0.2, -0.15) is 15.0 Å². The summed E-state index contributed by atoms with van der Waals surface area (Å²) in [4.78, 5) is 41.6. The van der Waals surface area contributed by atoms with E-state index in [0.717, 1.165) is 5.56 Å². The minimum atomic E-state index is -0.393. The Balaban J connectivity index is 1.34. The molecule has 1 saturated heterocycles. The van der Waals surface area contributed by atoms with Crippen molar-refractivity contribution in [1.29, 1.82) is 0 Å². The molecule has 2 aliphatic rings. The highest BCUT2D eigenvalue weighted by Gasteiger charge is 2.33. The van der Waals surface area contributed by atoms with Gasteiger partial charge in [0.1, 0.15) is 23.8 Å². The van der Waals surface area contributed by atoms with E-state index in [1.54, 1.807) is 23.1 Å². The standard InChI is InChI=1S/C28H32N6O6/c1-38-22-13-20-14-23(15-22)40-21-5-2-4-19(12-21)18-39-25-7-11-33(27(36)17-34-30-9-10-31-34)16-24(25)32-26(35)6-3-8-29-28(20)37/h2,4-5,9-10,12-15,24-25H,3,6-8,11,16-18H2,1H3,(H,29,37)(H,32,35)/t24-,25-/m0/s1. The number of piperidine rings is 1. The van der Waals surface area contributed by atoms with Crippen LogP contribution >= 0.6 is 0 Å². The highest BCUT2D eigenvalue weighted by atomic mass is 16.5. The third-order valence-electron chi connectivity index (χ3n) is 6.83. The number of likely N-dealkylation sites (tertiary alicyclic amines) is 1. The number of nitrogens with zero attached hydrogens (tertiary/aromatic N) is 4. The first-order valence-electron chi connectivity index (χ1n) is 13.2. The van der Waals surface area contributed by atoms with E-state index in [-0.39, 0.29) is 36.8 Å². The number of carbonyl (C=O) groups excluding carboxylic acids is 3. The van der Waals surface area contributed by atoms with Gasteiger partial charge in [-0.1, -0.05) is 12.1 Å². The van der Waals surface area contributed by atoms with Gasteiger partial charge in [0.2, 0.25) is 11.8 Å². The lowest BCUT2D eigenvalue weighted by Gasteiger charge is -2.38. The van der Waals surface area contributed by atoms with Gasteiger partial charge in [-0.3, -0.25) is 14.4 Å². The summed E-state index contributed by atoms with van der Waals surface area (Å²) < 4.78 is 17.7. The summed E-state index contributed by atoms with van der Waals surface area (Å²) in [5.41, 5.74) is 1.27. The van der Waals surface area contributed by atoms with E-state index in [4.69, 9.17) is 14.2 Å². The van der Waals surface area contributed by atoms with Gasteiger partial charge in [0, 0.05) is 37.7 Å². The lowest BCUT2D eigenvalue weighted by atomic mass is 10.0. The number of methoxy groups -OCH3 is 1. The molecule has 1 fully saturated rings. The first-order valence-corrected chi connectivity index (χ1v) is 13.2. The second-order valence-electron chi connectivity index (χ2n) is 9.72. The number of carbonyl (C=O) groups is 3. The maximum atomic E-state index is 12.9. The van der Waals surface area contributed by atoms with Crippen LogP contribution in [-0.4, -0.2) is 76.5 Å². The zero-order valence-electron chi connectivity index (χ0n) is 22.2. The average molecular weight is 549 g/mol. The van der Waals surface area contributed by atoms with E-state index in [9.17, 15) is 14.4 Å². The smallest absolute Gasteiger partial charge is 0.251 e. The van der Waals surface area contributed by atoms with Crippen LogP contribution in [0.25, 0.3) is 0 Å². The summed E-state index contributed by atoms with van der Waals surface area (Å²) >= 11 is 0. The van der Waals surface area contributed by atoms with Crippen molar-refractivity contribution in [2.45, 2.75) is 44.6 Å². The highest BCUT2D eigenvalue weighted by molar-refractivity contribution is 5.95. The lowest BCUT2D eigenvalue weighted by molar-refractivity contribution is -0.138. The van der Waals surface area contributed by atoms with E-state index in [0.29, 0.717) is 61.9 Å². The molecule has 2 atom stereocenters. The first kappa shape index (κ1) is 27.1. The first-order chi connectivity index (χ1) is 19.5. The quantitative estimate of drug-likeness (QED) is 0.507. The lowest BCUT2D eigenvalue weighted by Crippen LogP contribution is -2.57. The van der Waals surface area contributed by atoms with Crippen molar-refractivity contribution in [3.8, 4) is 17.2 Å². The summed E-state index contributed by atoms with van der Waals surface area (Å²) in [6.45, 7) is 1.44. The summed E-state index contributed by atoms with van der Waals surface area (Å²) in [6.07, 6.45) is 3.97. The number of hydrogen-bond donors (Lipinski definition) is 2. The number of benzene rings is 2. The molecular weight excluding hydrogens is 516 g/mol. The van der Waals surface area contributed by atoms with Crippen LogP contribution in [0.15, 0.2) is 54.9 Å². The average Bonchev–Trinajstić information content (AvgIpc) is 3.47. The zero-order chi connectivity index (χ0) is 27.9. The molecule has 12 heteroatoms. The molecule has 12 nitrogen and oxygen atoms in total. The Morgan fingerprint density at radius 3 is 2.80 bits per heavy atom. The van der Waals surface area contributed by atoms with Crippen LogP contribution in [0.3, 0.4) is 0 Å². The van der Waals surface area contributed by atoms with Crippen LogP contribution in [0, 0.1) is 0 Å². The molecule has 2 aromatic carbocycles. The predicted octanol–water partition coefficient (Wildman–Crippen LogP) is 1.91. The fourth-order valence-electron chi connectivity index (χ4n) is 4.79. The Kier molecular flexibility index (Phi) is 8.55. The summed E-state index contributed by atoms with van der Waals surface area (Å²) in [5.74, 6) is 0.949. The molecule has 5 rings (SSSR count). The Bertz CT molecular complexity index is 1350. The van der Waals surface area contributed by atoms with Gasteiger partial charge < -0.3 is 29.7 Å². The van der Waals surface area contributed by atoms with E-state index in [1.807, 2.05) is 24.3 Å². The van der Waals surface area contributed by atoms with Gasteiger partial charge >= 0.3 is 0 Å². The number of nitrogens with one attached hydrogen (secondary N) is 2. The Hall–Kier alpha value is -4.45. The van der Waals surface area contributed by atoms with E-state index < -0.39 is 6.04 Å². The monoisotopic (exact) mass is 548 g/mol. The molecule has 3 heterocycles. The molecule has 0 spiro atoms. The maximum absolute atomic E-state index is 12.9. The van der Waals surface area contributed by atoms with Crippen molar-refractivity contribution in [3.63, 3.8) is 0 Å². The summed E-state index contributed by atoms with van der Waals surface area (Å²) in [6, 6.07) is 12.1. The second-order valence-corrected chi connectivity index (χ2v) is 9.72. The van der Waals surface area contributed by atoms with Gasteiger partial charge in [0.05, 0.1) is 38.3 Å². The Labute approximate surface area is 231 Å². The number of hydrogen-bond acceptors (Lipinski definition) is 8. The Morgan fingerprint density at radius 2 is 1.98 bits per heavy atom. The number of ether oxygens (including phenoxy) is 3. The van der Waals surface area contributed by atoms with Crippen LogP contribution in [-0.2, 0) is 27.5 Å². The SMILES string of the molecule is COc1cc2cc(c1)C(=O)NCCCC(=O)N[C@H]1CN(C(=O)Cn3nccn3)CC[C@@H]1OCc1cccc(c1)O2. The molecule has 1 aromatic heterocycles. The van der Waals surface area contributed by atoms with Crippen molar-refractivity contribution >= 4 is 17.7 Å². The van der Waals surface area contributed by atoms with Crippen molar-refractivity contribution < 1.29 is 28.6 Å². The second kappa shape index (κ2) is 12.6. The highest BCUT2D eigenvalue weighted by Crippen LogP contribution is 2.28. The molecule has 0 unspecified atom stereocenters. The van der Waals surface area contributed by atoms with Crippen LogP contribution in [0.1, 0.15) is 35.2 Å². The van der Waals surface area contributed by atoms with Gasteiger partial charge in [0.15, 0.2) is 0 Å². The van der Waals surface area contributed by atoms with Gasteiger partial charge in [-0.05, 0) is 42.7 Å². The largest absolute Gasteiger partial charge is 0.497 e. The summed E-state index contributed by atoms with van der Waals surface area (Å²) in [7, 11) is 1.53. The maximum Gasteiger partial charge on any atom is 0.251 e. The van der Waals surface area contributed by atoms with E-state index >= 15 is 0 Å². The number of fused-ring (bicyclic) bond motifs is 5. The molecular formula is C28H32N6O6. The number of rotatable bonds is 3. The van der Waals surface area contributed by atoms with Crippen LogP contribution in [0.4, 0.5) is 0 Å². The number of amides is 3. The van der Waals surface area contributed by atoms with Gasteiger partial charge in [-0.25, -0.2) is 0 Å². The zero-order valence-corrected chi connectivity index (χ0v) is 22.2. The minimum Gasteiger partial charge on any atom is -0.497 e. The van der Waals surface area contributed by atoms with Crippen molar-refractivity contribution in [3.05, 3.63) is 66.0 Å². The van der Waals surface area contributed by atoms with Crippen LogP contribution < -0.4 is 20.1 Å². The molecule has 2 aliphatic heterocycles. The fourth-order valence-corrected chi connectivity index (χ4v) is 4.79. The third-order valence-corrected chi connectivity index (χ3v) is 6.83. The molecule has 0 aliphatic carbocycles. The van der Waals surface area contributed by atoms with Crippen molar-refractivity contribution in [2.75, 3.05) is 26.7 Å². The van der Waals surface area contributed by atoms with E-state index in [2.05, 4.69) is 20.8 Å².